The van der Waals surface area contributed by atoms with Crippen molar-refractivity contribution in [2.75, 3.05) is 0 Å². The average Bonchev–Trinajstić information content (AvgIpc) is 3.15. The van der Waals surface area contributed by atoms with Crippen LogP contribution in [0.3, 0.4) is 0 Å². The smallest absolute Gasteiger partial charge is 0.195 e. The first-order valence-corrected chi connectivity index (χ1v) is 7.43. The van der Waals surface area contributed by atoms with E-state index >= 15 is 0 Å². The Morgan fingerprint density at radius 1 is 1.19 bits per heavy atom. The highest BCUT2D eigenvalue weighted by atomic mass is 32.1. The molecule has 0 aliphatic heterocycles. The van der Waals surface area contributed by atoms with Crippen molar-refractivity contribution >= 4 is 23.2 Å². The molecule has 0 spiro atoms. The van der Waals surface area contributed by atoms with Crippen molar-refractivity contribution in [3.8, 4) is 5.69 Å². The Kier molecular flexibility index (Phi) is 3.79. The zero-order valence-corrected chi connectivity index (χ0v) is 12.4. The van der Waals surface area contributed by atoms with E-state index in [1.807, 2.05) is 55.6 Å². The fraction of sp³-hybridized carbons (Fsp3) is 0.0588. The van der Waals surface area contributed by atoms with E-state index in [1.165, 1.54) is 11.3 Å². The lowest BCUT2D eigenvalue weighted by molar-refractivity contribution is 0.105. The van der Waals surface area contributed by atoms with Gasteiger partial charge in [-0.3, -0.25) is 4.79 Å². The predicted octanol–water partition coefficient (Wildman–Crippen LogP) is 4.14. The van der Waals surface area contributed by atoms with Crippen molar-refractivity contribution in [2.45, 2.75) is 6.92 Å². The molecule has 0 amide bonds. The number of rotatable bonds is 4. The van der Waals surface area contributed by atoms with E-state index in [4.69, 9.17) is 0 Å². The van der Waals surface area contributed by atoms with Crippen LogP contribution in [0.25, 0.3) is 11.8 Å². The summed E-state index contributed by atoms with van der Waals surface area (Å²) < 4.78 is 1.79. The van der Waals surface area contributed by atoms with Crippen LogP contribution in [0.15, 0.2) is 60.9 Å². The Hall–Kier alpha value is -2.46. The van der Waals surface area contributed by atoms with Gasteiger partial charge in [-0.25, -0.2) is 4.68 Å². The maximum atomic E-state index is 12.0. The lowest BCUT2D eigenvalue weighted by Gasteiger charge is -1.98. The molecule has 3 nitrogen and oxygen atoms in total. The summed E-state index contributed by atoms with van der Waals surface area (Å²) in [7, 11) is 0. The van der Waals surface area contributed by atoms with Gasteiger partial charge in [0.2, 0.25) is 0 Å². The molecule has 21 heavy (non-hydrogen) atoms. The first kappa shape index (κ1) is 13.5. The van der Waals surface area contributed by atoms with Gasteiger partial charge in [0, 0.05) is 16.6 Å². The molecule has 0 aliphatic carbocycles. The molecule has 4 heteroatoms. The van der Waals surface area contributed by atoms with Crippen molar-refractivity contribution in [3.05, 3.63) is 76.3 Å². The van der Waals surface area contributed by atoms with Gasteiger partial charge in [-0.1, -0.05) is 18.2 Å². The maximum absolute atomic E-state index is 12.0. The molecule has 0 unspecified atom stereocenters. The molecule has 0 fully saturated rings. The molecule has 2 heterocycles. The number of ketones is 1. The van der Waals surface area contributed by atoms with Gasteiger partial charge in [-0.15, -0.1) is 11.3 Å². The van der Waals surface area contributed by atoms with Crippen molar-refractivity contribution in [3.63, 3.8) is 0 Å². The molecular formula is C17H14N2OS. The first-order valence-electron chi connectivity index (χ1n) is 6.61. The normalized spacial score (nSPS) is 11.1. The van der Waals surface area contributed by atoms with E-state index in [-0.39, 0.29) is 5.78 Å². The van der Waals surface area contributed by atoms with Crippen molar-refractivity contribution < 1.29 is 4.79 Å². The van der Waals surface area contributed by atoms with Gasteiger partial charge in [0.05, 0.1) is 16.8 Å². The van der Waals surface area contributed by atoms with Crippen LogP contribution in [0, 0.1) is 6.92 Å². The molecule has 0 saturated carbocycles. The Balaban J connectivity index is 1.75. The second-order valence-electron chi connectivity index (χ2n) is 4.66. The Morgan fingerprint density at radius 2 is 2.00 bits per heavy atom. The number of benzene rings is 1. The van der Waals surface area contributed by atoms with E-state index in [1.54, 1.807) is 23.0 Å². The zero-order chi connectivity index (χ0) is 14.7. The monoisotopic (exact) mass is 294 g/mol. The topological polar surface area (TPSA) is 34.9 Å². The summed E-state index contributed by atoms with van der Waals surface area (Å²) in [5.41, 5.74) is 1.90. The van der Waals surface area contributed by atoms with E-state index in [0.29, 0.717) is 0 Å². The summed E-state index contributed by atoms with van der Waals surface area (Å²) in [6, 6.07) is 13.7. The molecule has 2 aromatic heterocycles. The molecule has 0 N–H and O–H groups in total. The van der Waals surface area contributed by atoms with Crippen LogP contribution in [0.2, 0.25) is 0 Å². The quantitative estimate of drug-likeness (QED) is 0.535. The van der Waals surface area contributed by atoms with Gasteiger partial charge >= 0.3 is 0 Å². The van der Waals surface area contributed by atoms with Gasteiger partial charge in [0.1, 0.15) is 0 Å². The number of carbonyl (C=O) groups excluding carboxylic acids is 1. The Bertz CT molecular complexity index is 784. The van der Waals surface area contributed by atoms with Gasteiger partial charge < -0.3 is 0 Å². The SMILES string of the molecule is Cc1ccc(C(=O)/C=C/c2cnn(-c3ccccc3)c2)s1. The van der Waals surface area contributed by atoms with Gasteiger partial charge in [-0.05, 0) is 43.3 Å². The van der Waals surface area contributed by atoms with Crippen LogP contribution in [-0.2, 0) is 0 Å². The number of carbonyl (C=O) groups is 1. The van der Waals surface area contributed by atoms with E-state index in [2.05, 4.69) is 5.10 Å². The van der Waals surface area contributed by atoms with Crippen molar-refractivity contribution in [2.24, 2.45) is 0 Å². The number of allylic oxidation sites excluding steroid dienone is 1. The van der Waals surface area contributed by atoms with E-state index in [9.17, 15) is 4.79 Å². The number of aryl methyl sites for hydroxylation is 1. The maximum Gasteiger partial charge on any atom is 0.195 e. The van der Waals surface area contributed by atoms with Crippen LogP contribution < -0.4 is 0 Å². The summed E-state index contributed by atoms with van der Waals surface area (Å²) in [6.07, 6.45) is 7.04. The highest BCUT2D eigenvalue weighted by molar-refractivity contribution is 7.14. The Morgan fingerprint density at radius 3 is 2.71 bits per heavy atom. The van der Waals surface area contributed by atoms with Crippen LogP contribution in [0.5, 0.6) is 0 Å². The minimum Gasteiger partial charge on any atom is -0.288 e. The van der Waals surface area contributed by atoms with E-state index in [0.717, 1.165) is 21.0 Å². The largest absolute Gasteiger partial charge is 0.288 e. The number of nitrogens with zero attached hydrogens (tertiary/aromatic N) is 2. The highest BCUT2D eigenvalue weighted by Crippen LogP contribution is 2.16. The van der Waals surface area contributed by atoms with Gasteiger partial charge in [0.15, 0.2) is 5.78 Å². The minimum atomic E-state index is 0.0283. The van der Waals surface area contributed by atoms with Crippen LogP contribution >= 0.6 is 11.3 Å². The number of hydrogen-bond acceptors (Lipinski definition) is 3. The molecule has 104 valence electrons. The lowest BCUT2D eigenvalue weighted by Crippen LogP contribution is -1.92. The van der Waals surface area contributed by atoms with Crippen LogP contribution in [0.1, 0.15) is 20.1 Å². The molecule has 3 aromatic rings. The summed E-state index contributed by atoms with van der Waals surface area (Å²) in [5.74, 6) is 0.0283. The Labute approximate surface area is 127 Å². The zero-order valence-electron chi connectivity index (χ0n) is 11.6. The molecule has 0 bridgehead atoms. The molecule has 0 radical (unpaired) electrons. The molecule has 0 atom stereocenters. The van der Waals surface area contributed by atoms with Crippen LogP contribution in [-0.4, -0.2) is 15.6 Å². The third-order valence-electron chi connectivity index (χ3n) is 3.03. The summed E-state index contributed by atoms with van der Waals surface area (Å²) in [6.45, 7) is 2.00. The fourth-order valence-electron chi connectivity index (χ4n) is 1.97. The first-order chi connectivity index (χ1) is 10.2. The fourth-order valence-corrected chi connectivity index (χ4v) is 2.75. The highest BCUT2D eigenvalue weighted by Gasteiger charge is 2.04. The number of thiophene rings is 1. The standard InChI is InChI=1S/C17H14N2OS/c1-13-7-10-17(21-13)16(20)9-8-14-11-18-19(12-14)15-5-3-2-4-6-15/h2-12H,1H3/b9-8+. The van der Waals surface area contributed by atoms with Crippen LogP contribution in [0.4, 0.5) is 0 Å². The summed E-state index contributed by atoms with van der Waals surface area (Å²) in [5, 5.41) is 4.30. The third-order valence-corrected chi connectivity index (χ3v) is 4.05. The van der Waals surface area contributed by atoms with E-state index < -0.39 is 0 Å². The summed E-state index contributed by atoms with van der Waals surface area (Å²) >= 11 is 1.51. The third kappa shape index (κ3) is 3.17. The number of hydrogen-bond donors (Lipinski definition) is 0. The number of para-hydroxylation sites is 1. The van der Waals surface area contributed by atoms with Crippen molar-refractivity contribution in [1.29, 1.82) is 0 Å². The molecule has 3 rings (SSSR count). The predicted molar refractivity (Wildman–Crippen MR) is 86.0 cm³/mol. The van der Waals surface area contributed by atoms with Gasteiger partial charge in [-0.2, -0.15) is 5.10 Å². The van der Waals surface area contributed by atoms with Gasteiger partial charge in [0.25, 0.3) is 0 Å². The second kappa shape index (κ2) is 5.89. The van der Waals surface area contributed by atoms with Crippen molar-refractivity contribution in [1.82, 2.24) is 9.78 Å². The molecule has 0 aliphatic rings. The second-order valence-corrected chi connectivity index (χ2v) is 5.95. The minimum absolute atomic E-state index is 0.0283. The number of aromatic nitrogens is 2. The molecular weight excluding hydrogens is 280 g/mol. The average molecular weight is 294 g/mol. The summed E-state index contributed by atoms with van der Waals surface area (Å²) in [4.78, 5) is 13.9. The molecule has 0 saturated heterocycles. The lowest BCUT2D eigenvalue weighted by atomic mass is 10.2. The molecule has 1 aromatic carbocycles.